The third-order valence-corrected chi connectivity index (χ3v) is 3.79. The Hall–Kier alpha value is -1.12. The molecule has 2 heteroatoms. The van der Waals surface area contributed by atoms with Crippen molar-refractivity contribution in [2.24, 2.45) is 0 Å². The maximum Gasteiger partial charge on any atom is 0.145 e. The molecule has 3 N–H and O–H groups in total. The van der Waals surface area contributed by atoms with Gasteiger partial charge in [-0.25, -0.2) is 0 Å². The zero-order valence-electron chi connectivity index (χ0n) is 9.65. The van der Waals surface area contributed by atoms with Gasteiger partial charge in [0.25, 0.3) is 0 Å². The highest BCUT2D eigenvalue weighted by atomic mass is 32.1. The Bertz CT molecular complexity index is 417. The molecule has 16 heavy (non-hydrogen) atoms. The molecule has 1 nitrogen and oxygen atoms in total. The zero-order chi connectivity index (χ0) is 11.4. The minimum atomic E-state index is 0.274. The molecule has 1 aromatic heterocycles. The lowest BCUT2D eigenvalue weighted by Crippen LogP contribution is -2.53. The molecule has 1 heterocycles. The van der Waals surface area contributed by atoms with E-state index in [-0.39, 0.29) is 6.04 Å². The highest BCUT2D eigenvalue weighted by molar-refractivity contribution is 7.10. The van der Waals surface area contributed by atoms with Gasteiger partial charge in [-0.05, 0) is 23.4 Å². The van der Waals surface area contributed by atoms with Crippen molar-refractivity contribution in [3.05, 3.63) is 57.8 Å². The van der Waals surface area contributed by atoms with E-state index in [0.717, 1.165) is 0 Å². The van der Waals surface area contributed by atoms with Crippen LogP contribution >= 0.6 is 11.3 Å². The number of aryl methyl sites for hydroxylation is 1. The molecule has 1 aromatic carbocycles. The quantitative estimate of drug-likeness (QED) is 0.839. The van der Waals surface area contributed by atoms with Crippen LogP contribution < -0.4 is 5.73 Å². The van der Waals surface area contributed by atoms with Crippen molar-refractivity contribution in [1.29, 1.82) is 0 Å². The van der Waals surface area contributed by atoms with Gasteiger partial charge in [0, 0.05) is 5.56 Å². The Morgan fingerprint density at radius 2 is 1.94 bits per heavy atom. The summed E-state index contributed by atoms with van der Waals surface area (Å²) in [6.45, 7) is 2.21. The van der Waals surface area contributed by atoms with Crippen LogP contribution in [0.25, 0.3) is 0 Å². The van der Waals surface area contributed by atoms with Gasteiger partial charge >= 0.3 is 0 Å². The van der Waals surface area contributed by atoms with Crippen molar-refractivity contribution in [3.63, 3.8) is 0 Å². The third kappa shape index (κ3) is 2.52. The Balaban J connectivity index is 2.15. The molecule has 1 atom stereocenters. The molecule has 0 unspecified atom stereocenters. The van der Waals surface area contributed by atoms with E-state index in [1.807, 2.05) is 0 Å². The molecule has 2 rings (SSSR count). The van der Waals surface area contributed by atoms with Gasteiger partial charge in [0.15, 0.2) is 0 Å². The van der Waals surface area contributed by atoms with Gasteiger partial charge in [0.05, 0.1) is 4.88 Å². The van der Waals surface area contributed by atoms with Crippen molar-refractivity contribution in [2.75, 3.05) is 0 Å². The number of thiophene rings is 1. The second kappa shape index (κ2) is 5.28. The van der Waals surface area contributed by atoms with Gasteiger partial charge in [-0.2, -0.15) is 0 Å². The predicted octanol–water partition coefficient (Wildman–Crippen LogP) is 3.03. The minimum Gasteiger partial charge on any atom is -0.347 e. The Labute approximate surface area is 101 Å². The summed E-state index contributed by atoms with van der Waals surface area (Å²) in [4.78, 5) is 1.34. The molecule has 0 aliphatic heterocycles. The fraction of sp³-hybridized carbons (Fsp3) is 0.286. The summed E-state index contributed by atoms with van der Waals surface area (Å²) in [5.41, 5.74) is 6.97. The van der Waals surface area contributed by atoms with E-state index in [0.29, 0.717) is 0 Å². The maximum atomic E-state index is 4.24. The summed E-state index contributed by atoms with van der Waals surface area (Å²) in [6, 6.07) is 13.4. The highest BCUT2D eigenvalue weighted by Crippen LogP contribution is 2.22. The number of benzene rings is 1. The van der Waals surface area contributed by atoms with Gasteiger partial charge in [0.1, 0.15) is 6.04 Å². The van der Waals surface area contributed by atoms with Crippen LogP contribution in [0.5, 0.6) is 0 Å². The minimum absolute atomic E-state index is 0.274. The van der Waals surface area contributed by atoms with E-state index >= 15 is 0 Å². The Morgan fingerprint density at radius 3 is 2.50 bits per heavy atom. The number of hydrogen-bond acceptors (Lipinski definition) is 1. The third-order valence-electron chi connectivity index (χ3n) is 2.81. The first kappa shape index (κ1) is 11.4. The van der Waals surface area contributed by atoms with E-state index in [1.165, 1.54) is 28.8 Å². The molecule has 0 saturated carbocycles. The number of hydrogen-bond donors (Lipinski definition) is 1. The summed E-state index contributed by atoms with van der Waals surface area (Å²) in [6.07, 6.45) is 2.37. The van der Waals surface area contributed by atoms with Crippen LogP contribution in [0.1, 0.15) is 35.4 Å². The molecule has 0 spiro atoms. The molecule has 2 aromatic rings. The van der Waals surface area contributed by atoms with Crippen LogP contribution in [-0.2, 0) is 6.42 Å². The normalized spacial score (nSPS) is 12.6. The molecule has 0 bridgehead atoms. The van der Waals surface area contributed by atoms with E-state index in [9.17, 15) is 0 Å². The van der Waals surface area contributed by atoms with Crippen LogP contribution in [-0.4, -0.2) is 0 Å². The molecule has 0 aliphatic rings. The lowest BCUT2D eigenvalue weighted by molar-refractivity contribution is -0.410. The topological polar surface area (TPSA) is 27.6 Å². The Kier molecular flexibility index (Phi) is 3.75. The molecular weight excluding hydrogens is 214 g/mol. The molecule has 0 fully saturated rings. The smallest absolute Gasteiger partial charge is 0.145 e. The van der Waals surface area contributed by atoms with E-state index in [2.05, 4.69) is 54.4 Å². The molecule has 0 radical (unpaired) electrons. The Morgan fingerprint density at radius 1 is 1.19 bits per heavy atom. The molecular formula is C14H18NS+. The van der Waals surface area contributed by atoms with Crippen molar-refractivity contribution in [3.8, 4) is 0 Å². The van der Waals surface area contributed by atoms with Crippen molar-refractivity contribution in [1.82, 2.24) is 0 Å². The fourth-order valence-corrected chi connectivity index (χ4v) is 2.63. The van der Waals surface area contributed by atoms with E-state index < -0.39 is 0 Å². The summed E-state index contributed by atoms with van der Waals surface area (Å²) in [5, 5.41) is 2.11. The summed E-state index contributed by atoms with van der Waals surface area (Å²) in [5.74, 6) is 0. The predicted molar refractivity (Wildman–Crippen MR) is 69.5 cm³/mol. The van der Waals surface area contributed by atoms with Crippen LogP contribution in [0.4, 0.5) is 0 Å². The van der Waals surface area contributed by atoms with E-state index in [4.69, 9.17) is 0 Å². The van der Waals surface area contributed by atoms with Crippen molar-refractivity contribution in [2.45, 2.75) is 25.8 Å². The standard InChI is InChI=1S/C14H17NS/c1-2-4-11-6-8-12(9-7-11)14(15)13-5-3-10-16-13/h3,5-10,14H,2,4,15H2,1H3/p+1/t14-/m1/s1. The van der Waals surface area contributed by atoms with Gasteiger partial charge in [-0.15, -0.1) is 11.3 Å². The highest BCUT2D eigenvalue weighted by Gasteiger charge is 2.12. The number of quaternary nitrogens is 1. The first-order valence-electron chi connectivity index (χ1n) is 5.76. The molecule has 0 aliphatic carbocycles. The largest absolute Gasteiger partial charge is 0.347 e. The van der Waals surface area contributed by atoms with Gasteiger partial charge < -0.3 is 5.73 Å². The van der Waals surface area contributed by atoms with Gasteiger partial charge in [-0.1, -0.05) is 43.7 Å². The molecule has 0 saturated heterocycles. The summed E-state index contributed by atoms with van der Waals surface area (Å²) < 4.78 is 0. The van der Waals surface area contributed by atoms with E-state index in [1.54, 1.807) is 11.3 Å². The lowest BCUT2D eigenvalue weighted by Gasteiger charge is -2.07. The number of rotatable bonds is 4. The van der Waals surface area contributed by atoms with Crippen LogP contribution in [0.3, 0.4) is 0 Å². The maximum absolute atomic E-state index is 4.24. The van der Waals surface area contributed by atoms with Crippen LogP contribution in [0, 0.1) is 0 Å². The summed E-state index contributed by atoms with van der Waals surface area (Å²) in [7, 11) is 0. The average Bonchev–Trinajstić information content (AvgIpc) is 2.83. The monoisotopic (exact) mass is 232 g/mol. The fourth-order valence-electron chi connectivity index (χ4n) is 1.86. The average molecular weight is 232 g/mol. The zero-order valence-corrected chi connectivity index (χ0v) is 10.5. The van der Waals surface area contributed by atoms with Gasteiger partial charge in [-0.3, -0.25) is 0 Å². The second-order valence-corrected chi connectivity index (χ2v) is 5.04. The second-order valence-electron chi connectivity index (χ2n) is 4.06. The van der Waals surface area contributed by atoms with Gasteiger partial charge in [0.2, 0.25) is 0 Å². The van der Waals surface area contributed by atoms with Crippen LogP contribution in [0.15, 0.2) is 41.8 Å². The lowest BCUT2D eigenvalue weighted by atomic mass is 10.0. The van der Waals surface area contributed by atoms with Crippen molar-refractivity contribution >= 4 is 11.3 Å². The van der Waals surface area contributed by atoms with Crippen LogP contribution in [0.2, 0.25) is 0 Å². The SMILES string of the molecule is CCCc1ccc([C@@H]([NH3+])c2cccs2)cc1. The molecule has 0 amide bonds. The first-order valence-corrected chi connectivity index (χ1v) is 6.64. The van der Waals surface area contributed by atoms with Crippen molar-refractivity contribution < 1.29 is 5.73 Å². The summed E-state index contributed by atoms with van der Waals surface area (Å²) >= 11 is 1.78. The first-order chi connectivity index (χ1) is 7.81. The molecule has 84 valence electrons.